The van der Waals surface area contributed by atoms with Crippen molar-refractivity contribution in [2.24, 2.45) is 0 Å². The number of carboxylic acids is 1. The van der Waals surface area contributed by atoms with Crippen LogP contribution in [0.5, 0.6) is 0 Å². The molecule has 0 unspecified atom stereocenters. The van der Waals surface area contributed by atoms with Crippen LogP contribution in [0.3, 0.4) is 0 Å². The first-order valence-electron chi connectivity index (χ1n) is 5.95. The van der Waals surface area contributed by atoms with Gasteiger partial charge in [-0.05, 0) is 12.1 Å². The summed E-state index contributed by atoms with van der Waals surface area (Å²) in [5.41, 5.74) is 0.730. The highest BCUT2D eigenvalue weighted by molar-refractivity contribution is 5.95. The van der Waals surface area contributed by atoms with E-state index in [0.717, 1.165) is 0 Å². The molecule has 8 nitrogen and oxygen atoms in total. The molecular weight excluding hydrogens is 276 g/mol. The summed E-state index contributed by atoms with van der Waals surface area (Å²) in [5.74, 6) is -1.79. The lowest BCUT2D eigenvalue weighted by Crippen LogP contribution is -2.44. The van der Waals surface area contributed by atoms with Crippen molar-refractivity contribution in [1.82, 2.24) is 10.6 Å². The molecule has 1 aromatic rings. The van der Waals surface area contributed by atoms with Gasteiger partial charge < -0.3 is 15.7 Å². The standard InChI is InChI=1S/C13H14N4O4/c1-17(10-5-3-2-4-9(10)6-14)13(21)16-7-11(18)15-8-12(19)20/h2-5H,7-8H2,1H3,(H,15,18)(H,16,21)(H,19,20). The van der Waals surface area contributed by atoms with Crippen LogP contribution in [0.4, 0.5) is 10.5 Å². The fraction of sp³-hybridized carbons (Fsp3) is 0.231. The highest BCUT2D eigenvalue weighted by Gasteiger charge is 2.15. The number of nitriles is 1. The van der Waals surface area contributed by atoms with Crippen LogP contribution in [-0.4, -0.2) is 43.2 Å². The van der Waals surface area contributed by atoms with Crippen molar-refractivity contribution >= 4 is 23.6 Å². The largest absolute Gasteiger partial charge is 0.480 e. The smallest absolute Gasteiger partial charge is 0.322 e. The Kier molecular flexibility index (Phi) is 5.70. The summed E-state index contributed by atoms with van der Waals surface area (Å²) >= 11 is 0. The second kappa shape index (κ2) is 7.49. The molecule has 0 aliphatic carbocycles. The summed E-state index contributed by atoms with van der Waals surface area (Å²) < 4.78 is 0. The Labute approximate surface area is 121 Å². The number of nitrogens with zero attached hydrogens (tertiary/aromatic N) is 2. The maximum absolute atomic E-state index is 11.9. The minimum atomic E-state index is -1.17. The summed E-state index contributed by atoms with van der Waals surface area (Å²) in [6.45, 7) is -0.868. The zero-order valence-corrected chi connectivity index (χ0v) is 11.3. The monoisotopic (exact) mass is 290 g/mol. The molecule has 0 aromatic heterocycles. The second-order valence-corrected chi connectivity index (χ2v) is 4.02. The molecule has 0 fully saturated rings. The van der Waals surface area contributed by atoms with Crippen LogP contribution in [0.2, 0.25) is 0 Å². The van der Waals surface area contributed by atoms with Gasteiger partial charge in [-0.3, -0.25) is 14.5 Å². The molecule has 110 valence electrons. The number of para-hydroxylation sites is 1. The molecule has 0 aliphatic rings. The molecule has 3 amide bonds. The van der Waals surface area contributed by atoms with E-state index in [4.69, 9.17) is 10.4 Å². The lowest BCUT2D eigenvalue weighted by atomic mass is 10.2. The maximum atomic E-state index is 11.9. The van der Waals surface area contributed by atoms with Gasteiger partial charge in [0.2, 0.25) is 5.91 Å². The zero-order valence-electron chi connectivity index (χ0n) is 11.3. The van der Waals surface area contributed by atoms with Gasteiger partial charge in [0.05, 0.1) is 17.8 Å². The Morgan fingerprint density at radius 2 is 1.90 bits per heavy atom. The molecular formula is C13H14N4O4. The number of hydrogen-bond donors (Lipinski definition) is 3. The van der Waals surface area contributed by atoms with Gasteiger partial charge in [0.1, 0.15) is 12.6 Å². The number of amides is 3. The van der Waals surface area contributed by atoms with E-state index in [2.05, 4.69) is 10.6 Å². The van der Waals surface area contributed by atoms with Gasteiger partial charge in [-0.15, -0.1) is 0 Å². The number of carboxylic acid groups (broad SMARTS) is 1. The highest BCUT2D eigenvalue weighted by atomic mass is 16.4. The first-order chi connectivity index (χ1) is 9.95. The molecule has 0 aliphatic heterocycles. The van der Waals surface area contributed by atoms with Crippen molar-refractivity contribution in [2.45, 2.75) is 0 Å². The molecule has 0 radical (unpaired) electrons. The number of carbonyl (C=O) groups excluding carboxylic acids is 2. The van der Waals surface area contributed by atoms with E-state index in [1.165, 1.54) is 11.9 Å². The molecule has 0 spiro atoms. The van der Waals surface area contributed by atoms with Crippen molar-refractivity contribution in [1.29, 1.82) is 5.26 Å². The number of benzene rings is 1. The van der Waals surface area contributed by atoms with E-state index < -0.39 is 24.5 Å². The van der Waals surface area contributed by atoms with Crippen LogP contribution in [0, 0.1) is 11.3 Å². The molecule has 8 heteroatoms. The van der Waals surface area contributed by atoms with Crippen LogP contribution in [0.15, 0.2) is 24.3 Å². The minimum absolute atomic E-state index is 0.325. The number of nitrogens with one attached hydrogen (secondary N) is 2. The van der Waals surface area contributed by atoms with Crippen molar-refractivity contribution in [3.63, 3.8) is 0 Å². The Balaban J connectivity index is 2.58. The van der Waals surface area contributed by atoms with Gasteiger partial charge in [-0.25, -0.2) is 4.79 Å². The third-order valence-electron chi connectivity index (χ3n) is 2.53. The Bertz CT molecular complexity index is 594. The number of aliphatic carboxylic acids is 1. The zero-order chi connectivity index (χ0) is 15.8. The number of hydrogen-bond acceptors (Lipinski definition) is 4. The van der Waals surface area contributed by atoms with Crippen LogP contribution < -0.4 is 15.5 Å². The summed E-state index contributed by atoms with van der Waals surface area (Å²) in [6.07, 6.45) is 0. The Hall–Kier alpha value is -3.08. The predicted molar refractivity (Wildman–Crippen MR) is 73.6 cm³/mol. The SMILES string of the molecule is CN(C(=O)NCC(=O)NCC(=O)O)c1ccccc1C#N. The fourth-order valence-corrected chi connectivity index (χ4v) is 1.48. The molecule has 0 saturated carbocycles. The summed E-state index contributed by atoms with van der Waals surface area (Å²) in [5, 5.41) is 21.8. The van der Waals surface area contributed by atoms with Crippen LogP contribution in [-0.2, 0) is 9.59 Å². The number of urea groups is 1. The van der Waals surface area contributed by atoms with Gasteiger partial charge >= 0.3 is 12.0 Å². The van der Waals surface area contributed by atoms with Crippen molar-refractivity contribution < 1.29 is 19.5 Å². The average Bonchev–Trinajstić information content (AvgIpc) is 2.49. The number of carbonyl (C=O) groups is 3. The summed E-state index contributed by atoms with van der Waals surface area (Å²) in [4.78, 5) is 34.6. The molecule has 1 rings (SSSR count). The molecule has 0 atom stereocenters. The number of rotatable bonds is 5. The first-order valence-corrected chi connectivity index (χ1v) is 5.95. The van der Waals surface area contributed by atoms with Crippen molar-refractivity contribution in [2.75, 3.05) is 25.0 Å². The average molecular weight is 290 g/mol. The molecule has 0 bridgehead atoms. The highest BCUT2D eigenvalue weighted by Crippen LogP contribution is 2.17. The second-order valence-electron chi connectivity index (χ2n) is 4.02. The molecule has 0 saturated heterocycles. The maximum Gasteiger partial charge on any atom is 0.322 e. The van der Waals surface area contributed by atoms with Gasteiger partial charge in [-0.1, -0.05) is 12.1 Å². The molecule has 3 N–H and O–H groups in total. The Morgan fingerprint density at radius 1 is 1.24 bits per heavy atom. The minimum Gasteiger partial charge on any atom is -0.480 e. The van der Waals surface area contributed by atoms with Gasteiger partial charge in [0, 0.05) is 7.05 Å². The van der Waals surface area contributed by atoms with E-state index in [1.54, 1.807) is 24.3 Å². The van der Waals surface area contributed by atoms with Gasteiger partial charge in [0.15, 0.2) is 0 Å². The van der Waals surface area contributed by atoms with E-state index in [-0.39, 0.29) is 6.54 Å². The van der Waals surface area contributed by atoms with Gasteiger partial charge in [0.25, 0.3) is 0 Å². The van der Waals surface area contributed by atoms with E-state index >= 15 is 0 Å². The fourth-order valence-electron chi connectivity index (χ4n) is 1.48. The van der Waals surface area contributed by atoms with Gasteiger partial charge in [-0.2, -0.15) is 5.26 Å². The van der Waals surface area contributed by atoms with E-state index in [9.17, 15) is 14.4 Å². The summed E-state index contributed by atoms with van der Waals surface area (Å²) in [7, 11) is 1.46. The number of anilines is 1. The Morgan fingerprint density at radius 3 is 2.52 bits per heavy atom. The van der Waals surface area contributed by atoms with Crippen LogP contribution in [0.1, 0.15) is 5.56 Å². The first kappa shape index (κ1) is 16.0. The quantitative estimate of drug-likeness (QED) is 0.699. The lowest BCUT2D eigenvalue weighted by molar-refractivity contribution is -0.137. The molecule has 1 aromatic carbocycles. The van der Waals surface area contributed by atoms with Crippen molar-refractivity contribution in [3.8, 4) is 6.07 Å². The predicted octanol–water partition coefficient (Wildman–Crippen LogP) is -0.0951. The third kappa shape index (κ3) is 4.83. The van der Waals surface area contributed by atoms with Crippen LogP contribution >= 0.6 is 0 Å². The molecule has 21 heavy (non-hydrogen) atoms. The summed E-state index contributed by atoms with van der Waals surface area (Å²) in [6, 6.07) is 7.90. The molecule has 0 heterocycles. The lowest BCUT2D eigenvalue weighted by Gasteiger charge is -2.18. The normalized spacial score (nSPS) is 9.33. The van der Waals surface area contributed by atoms with E-state index in [1.807, 2.05) is 6.07 Å². The van der Waals surface area contributed by atoms with Crippen LogP contribution in [0.25, 0.3) is 0 Å². The topological polar surface area (TPSA) is 123 Å². The van der Waals surface area contributed by atoms with Crippen molar-refractivity contribution in [3.05, 3.63) is 29.8 Å². The van der Waals surface area contributed by atoms with E-state index in [0.29, 0.717) is 11.3 Å². The third-order valence-corrected chi connectivity index (χ3v) is 2.53.